The molecule has 0 aliphatic heterocycles. The van der Waals surface area contributed by atoms with Crippen LogP contribution in [0.15, 0.2) is 48.8 Å². The first-order valence-electron chi connectivity index (χ1n) is 4.79. The zero-order chi connectivity index (χ0) is 10.9. The lowest BCUT2D eigenvalue weighted by molar-refractivity contribution is -0.116. The highest BCUT2D eigenvalue weighted by Crippen LogP contribution is 1.94. The molecule has 1 heterocycles. The van der Waals surface area contributed by atoms with Crippen molar-refractivity contribution >= 4 is 5.91 Å². The fourth-order valence-corrected chi connectivity index (χ4v) is 1.00. The van der Waals surface area contributed by atoms with Crippen molar-refractivity contribution in [2.75, 3.05) is 0 Å². The van der Waals surface area contributed by atoms with E-state index in [0.717, 1.165) is 5.56 Å². The summed E-state index contributed by atoms with van der Waals surface area (Å²) in [5.74, 6) is -0.100. The molecular formula is C12H14N2O. The standard InChI is InChI=1S/C12H14N2O/c1-2-3-4-7-12(15)14-10-11-6-5-8-13-9-11/h2-9H,10H2,1H3,(H,14,15)/b3-2+,7-4+. The normalized spacial score (nSPS) is 11.0. The molecule has 1 N–H and O–H groups in total. The van der Waals surface area contributed by atoms with Gasteiger partial charge < -0.3 is 5.32 Å². The number of aromatic nitrogens is 1. The molecule has 0 radical (unpaired) electrons. The van der Waals surface area contributed by atoms with Crippen LogP contribution in [-0.2, 0) is 11.3 Å². The summed E-state index contributed by atoms with van der Waals surface area (Å²) in [5.41, 5.74) is 0.991. The summed E-state index contributed by atoms with van der Waals surface area (Å²) >= 11 is 0. The first kappa shape index (κ1) is 11.2. The van der Waals surface area contributed by atoms with Crippen LogP contribution in [0, 0.1) is 0 Å². The Morgan fingerprint density at radius 1 is 1.53 bits per heavy atom. The predicted molar refractivity (Wildman–Crippen MR) is 60.0 cm³/mol. The number of nitrogens with zero attached hydrogens (tertiary/aromatic N) is 1. The van der Waals surface area contributed by atoms with Crippen LogP contribution < -0.4 is 5.32 Å². The van der Waals surface area contributed by atoms with E-state index in [-0.39, 0.29) is 5.91 Å². The van der Waals surface area contributed by atoms with Crippen molar-refractivity contribution in [1.29, 1.82) is 0 Å². The number of carbonyl (C=O) groups is 1. The Morgan fingerprint density at radius 3 is 3.07 bits per heavy atom. The van der Waals surface area contributed by atoms with Gasteiger partial charge in [-0.2, -0.15) is 0 Å². The number of hydrogen-bond donors (Lipinski definition) is 1. The molecule has 0 aliphatic carbocycles. The lowest BCUT2D eigenvalue weighted by atomic mass is 10.3. The van der Waals surface area contributed by atoms with Gasteiger partial charge in [0.15, 0.2) is 0 Å². The van der Waals surface area contributed by atoms with Gasteiger partial charge in [-0.3, -0.25) is 9.78 Å². The van der Waals surface area contributed by atoms with Crippen molar-refractivity contribution in [1.82, 2.24) is 10.3 Å². The average molecular weight is 202 g/mol. The minimum Gasteiger partial charge on any atom is -0.348 e. The maximum absolute atomic E-state index is 11.2. The van der Waals surface area contributed by atoms with Crippen molar-refractivity contribution in [3.63, 3.8) is 0 Å². The highest BCUT2D eigenvalue weighted by atomic mass is 16.1. The fraction of sp³-hybridized carbons (Fsp3) is 0.167. The van der Waals surface area contributed by atoms with Gasteiger partial charge in [-0.1, -0.05) is 24.3 Å². The summed E-state index contributed by atoms with van der Waals surface area (Å²) in [6.45, 7) is 2.41. The number of hydrogen-bond acceptors (Lipinski definition) is 2. The monoisotopic (exact) mass is 202 g/mol. The highest BCUT2D eigenvalue weighted by molar-refractivity contribution is 5.87. The Bertz CT molecular complexity index is 355. The lowest BCUT2D eigenvalue weighted by Crippen LogP contribution is -2.20. The Hall–Kier alpha value is -1.90. The third-order valence-electron chi connectivity index (χ3n) is 1.74. The molecule has 3 nitrogen and oxygen atoms in total. The van der Waals surface area contributed by atoms with E-state index >= 15 is 0 Å². The second-order valence-electron chi connectivity index (χ2n) is 2.96. The third-order valence-corrected chi connectivity index (χ3v) is 1.74. The molecule has 1 amide bonds. The molecule has 0 bridgehead atoms. The van der Waals surface area contributed by atoms with Crippen LogP contribution in [0.4, 0.5) is 0 Å². The zero-order valence-corrected chi connectivity index (χ0v) is 8.68. The van der Waals surface area contributed by atoms with Gasteiger partial charge in [0.2, 0.25) is 5.91 Å². The van der Waals surface area contributed by atoms with E-state index in [1.807, 2.05) is 31.2 Å². The van der Waals surface area contributed by atoms with Crippen LogP contribution in [-0.4, -0.2) is 10.9 Å². The first-order valence-corrected chi connectivity index (χ1v) is 4.79. The van der Waals surface area contributed by atoms with Crippen molar-refractivity contribution in [3.05, 3.63) is 54.4 Å². The third kappa shape index (κ3) is 4.76. The Kier molecular flexibility index (Phi) is 4.87. The van der Waals surface area contributed by atoms with Crippen molar-refractivity contribution < 1.29 is 4.79 Å². The maximum Gasteiger partial charge on any atom is 0.244 e. The minimum atomic E-state index is -0.100. The molecule has 0 unspecified atom stereocenters. The van der Waals surface area contributed by atoms with Crippen LogP contribution in [0.1, 0.15) is 12.5 Å². The summed E-state index contributed by atoms with van der Waals surface area (Å²) in [6.07, 6.45) is 10.3. The van der Waals surface area contributed by atoms with Gasteiger partial charge in [0.1, 0.15) is 0 Å². The van der Waals surface area contributed by atoms with Crippen LogP contribution in [0.2, 0.25) is 0 Å². The number of carbonyl (C=O) groups excluding carboxylic acids is 1. The van der Waals surface area contributed by atoms with Gasteiger partial charge in [-0.15, -0.1) is 0 Å². The molecule has 1 aromatic rings. The SMILES string of the molecule is C/C=C/C=C/C(=O)NCc1cccnc1. The van der Waals surface area contributed by atoms with E-state index in [1.165, 1.54) is 6.08 Å². The topological polar surface area (TPSA) is 42.0 Å². The molecule has 1 rings (SSSR count). The molecule has 0 atom stereocenters. The maximum atomic E-state index is 11.2. The minimum absolute atomic E-state index is 0.100. The Labute approximate surface area is 89.5 Å². The summed E-state index contributed by atoms with van der Waals surface area (Å²) < 4.78 is 0. The molecule has 0 spiro atoms. The predicted octanol–water partition coefficient (Wildman–Crippen LogP) is 1.83. The first-order chi connectivity index (χ1) is 7.33. The van der Waals surface area contributed by atoms with Gasteiger partial charge in [0, 0.05) is 25.0 Å². The number of rotatable bonds is 4. The molecule has 0 saturated carbocycles. The van der Waals surface area contributed by atoms with E-state index in [9.17, 15) is 4.79 Å². The molecular weight excluding hydrogens is 188 g/mol. The summed E-state index contributed by atoms with van der Waals surface area (Å²) in [4.78, 5) is 15.2. The molecule has 0 fully saturated rings. The quantitative estimate of drug-likeness (QED) is 0.598. The van der Waals surface area contributed by atoms with E-state index in [1.54, 1.807) is 18.5 Å². The molecule has 3 heteroatoms. The molecule has 78 valence electrons. The molecule has 0 aliphatic rings. The van der Waals surface area contributed by atoms with E-state index < -0.39 is 0 Å². The second kappa shape index (κ2) is 6.54. The van der Waals surface area contributed by atoms with Crippen LogP contribution in [0.5, 0.6) is 0 Å². The molecule has 1 aromatic heterocycles. The van der Waals surface area contributed by atoms with Crippen LogP contribution in [0.3, 0.4) is 0 Å². The Morgan fingerprint density at radius 2 is 2.40 bits per heavy atom. The van der Waals surface area contributed by atoms with Crippen LogP contribution in [0.25, 0.3) is 0 Å². The van der Waals surface area contributed by atoms with Gasteiger partial charge in [0.25, 0.3) is 0 Å². The van der Waals surface area contributed by atoms with E-state index in [4.69, 9.17) is 0 Å². The van der Waals surface area contributed by atoms with Gasteiger partial charge in [-0.05, 0) is 18.6 Å². The van der Waals surface area contributed by atoms with Gasteiger partial charge in [-0.25, -0.2) is 0 Å². The smallest absolute Gasteiger partial charge is 0.244 e. The summed E-state index contributed by atoms with van der Waals surface area (Å²) in [6, 6.07) is 3.76. The number of nitrogens with one attached hydrogen (secondary N) is 1. The lowest BCUT2D eigenvalue weighted by Gasteiger charge is -2.00. The van der Waals surface area contributed by atoms with E-state index in [2.05, 4.69) is 10.3 Å². The summed E-state index contributed by atoms with van der Waals surface area (Å²) in [7, 11) is 0. The van der Waals surface area contributed by atoms with Gasteiger partial charge >= 0.3 is 0 Å². The van der Waals surface area contributed by atoms with E-state index in [0.29, 0.717) is 6.54 Å². The second-order valence-corrected chi connectivity index (χ2v) is 2.96. The van der Waals surface area contributed by atoms with Crippen molar-refractivity contribution in [3.8, 4) is 0 Å². The average Bonchev–Trinajstić information content (AvgIpc) is 2.28. The number of pyridine rings is 1. The Balaban J connectivity index is 2.35. The highest BCUT2D eigenvalue weighted by Gasteiger charge is 1.94. The van der Waals surface area contributed by atoms with Crippen LogP contribution >= 0.6 is 0 Å². The van der Waals surface area contributed by atoms with Crippen molar-refractivity contribution in [2.45, 2.75) is 13.5 Å². The zero-order valence-electron chi connectivity index (χ0n) is 8.68. The summed E-state index contributed by atoms with van der Waals surface area (Å²) in [5, 5.41) is 2.76. The fourth-order valence-electron chi connectivity index (χ4n) is 1.00. The number of amides is 1. The van der Waals surface area contributed by atoms with Crippen molar-refractivity contribution in [2.24, 2.45) is 0 Å². The molecule has 15 heavy (non-hydrogen) atoms. The number of allylic oxidation sites excluding steroid dienone is 3. The van der Waals surface area contributed by atoms with Gasteiger partial charge in [0.05, 0.1) is 0 Å². The molecule has 0 aromatic carbocycles. The largest absolute Gasteiger partial charge is 0.348 e. The molecule has 0 saturated heterocycles.